The first-order chi connectivity index (χ1) is 15.0. The fraction of sp³-hybridized carbons (Fsp3) is 0.130. The molecule has 0 saturated carbocycles. The van der Waals surface area contributed by atoms with Crippen molar-refractivity contribution in [2.24, 2.45) is 0 Å². The molecule has 5 rings (SSSR count). The van der Waals surface area contributed by atoms with Crippen molar-refractivity contribution >= 4 is 33.2 Å². The number of ether oxygens (including phenoxy) is 2. The highest BCUT2D eigenvalue weighted by Crippen LogP contribution is 2.37. The molecule has 0 saturated heterocycles. The Balaban J connectivity index is 1.61. The van der Waals surface area contributed by atoms with E-state index >= 15 is 0 Å². The second-order valence-electron chi connectivity index (χ2n) is 7.33. The summed E-state index contributed by atoms with van der Waals surface area (Å²) in [6.07, 6.45) is 1.48. The number of hydrogen-bond acceptors (Lipinski definition) is 4. The van der Waals surface area contributed by atoms with Crippen molar-refractivity contribution < 1.29 is 24.3 Å². The first kappa shape index (κ1) is 20.2. The third-order valence-corrected chi connectivity index (χ3v) is 6.22. The zero-order valence-electron chi connectivity index (χ0n) is 16.1. The molecule has 3 aromatic carbocycles. The maximum atomic E-state index is 14.8. The van der Waals surface area contributed by atoms with Crippen molar-refractivity contribution in [3.05, 3.63) is 92.7 Å². The quantitative estimate of drug-likeness (QED) is 0.487. The maximum absolute atomic E-state index is 14.8. The second-order valence-corrected chi connectivity index (χ2v) is 8.65. The predicted molar refractivity (Wildman–Crippen MR) is 118 cm³/mol. The van der Waals surface area contributed by atoms with Gasteiger partial charge in [0.2, 0.25) is 6.79 Å². The molecule has 2 atom stereocenters. The molecule has 0 spiro atoms. The third kappa shape index (κ3) is 3.84. The highest BCUT2D eigenvalue weighted by atomic mass is 79.9. The van der Waals surface area contributed by atoms with E-state index < -0.39 is 12.0 Å². The number of phenols is 1. The number of rotatable bonds is 3. The largest absolute Gasteiger partial charge is 0.507 e. The lowest BCUT2D eigenvalue weighted by Crippen LogP contribution is -2.90. The summed E-state index contributed by atoms with van der Waals surface area (Å²) in [6, 6.07) is 15.2. The monoisotopic (exact) mass is 503 g/mol. The van der Waals surface area contributed by atoms with Crippen molar-refractivity contribution in [3.8, 4) is 17.2 Å². The number of nitrogens with one attached hydrogen (secondary N) is 1. The summed E-state index contributed by atoms with van der Waals surface area (Å²) in [6.45, 7) is 0.182. The highest BCUT2D eigenvalue weighted by Gasteiger charge is 2.33. The lowest BCUT2D eigenvalue weighted by atomic mass is 9.97. The van der Waals surface area contributed by atoms with Gasteiger partial charge in [-0.05, 0) is 48.5 Å². The Kier molecular flexibility index (Phi) is 5.25. The average molecular weight is 505 g/mol. The van der Waals surface area contributed by atoms with Crippen molar-refractivity contribution in [3.63, 3.8) is 0 Å². The Morgan fingerprint density at radius 3 is 2.77 bits per heavy atom. The summed E-state index contributed by atoms with van der Waals surface area (Å²) < 4.78 is 26.5. The van der Waals surface area contributed by atoms with Crippen LogP contribution in [0.2, 0.25) is 5.02 Å². The summed E-state index contributed by atoms with van der Waals surface area (Å²) >= 11 is 9.84. The maximum Gasteiger partial charge on any atom is 0.231 e. The van der Waals surface area contributed by atoms with Crippen LogP contribution in [0.3, 0.4) is 0 Å². The summed E-state index contributed by atoms with van der Waals surface area (Å²) in [5, 5.41) is 16.2. The summed E-state index contributed by atoms with van der Waals surface area (Å²) in [7, 11) is 0. The third-order valence-electron chi connectivity index (χ3n) is 5.40. The number of halogens is 3. The fourth-order valence-electron chi connectivity index (χ4n) is 3.91. The van der Waals surface area contributed by atoms with Crippen molar-refractivity contribution in [1.29, 1.82) is 0 Å². The van der Waals surface area contributed by atoms with Gasteiger partial charge in [-0.15, -0.1) is 0 Å². The smallest absolute Gasteiger partial charge is 0.231 e. The number of fused-ring (bicyclic) bond motifs is 1. The molecule has 3 aromatic rings. The number of nitrogens with two attached hydrogens (primary N) is 1. The van der Waals surface area contributed by atoms with E-state index in [0.717, 1.165) is 15.7 Å². The molecule has 0 aliphatic carbocycles. The molecule has 4 N–H and O–H groups in total. The average Bonchev–Trinajstić information content (AvgIpc) is 3.23. The van der Waals surface area contributed by atoms with Gasteiger partial charge in [0.25, 0.3) is 0 Å². The van der Waals surface area contributed by atoms with E-state index in [1.54, 1.807) is 24.3 Å². The minimum absolute atomic E-state index is 0.158. The molecule has 158 valence electrons. The predicted octanol–water partition coefficient (Wildman–Crippen LogP) is 4.62. The van der Waals surface area contributed by atoms with E-state index in [-0.39, 0.29) is 18.6 Å². The number of benzene rings is 3. The van der Waals surface area contributed by atoms with Crippen LogP contribution in [0.1, 0.15) is 28.9 Å². The lowest BCUT2D eigenvalue weighted by molar-refractivity contribution is -0.731. The molecule has 0 aromatic heterocycles. The van der Waals surface area contributed by atoms with Crippen LogP contribution in [0, 0.1) is 5.82 Å². The van der Waals surface area contributed by atoms with Gasteiger partial charge in [0.1, 0.15) is 17.6 Å². The molecule has 2 unspecified atom stereocenters. The van der Waals surface area contributed by atoms with Gasteiger partial charge in [-0.25, -0.2) is 4.39 Å². The number of quaternary nitrogens is 1. The van der Waals surface area contributed by atoms with Crippen LogP contribution >= 0.6 is 27.5 Å². The SMILES string of the molecule is Oc1ccc(Br)cc1C1C=C(c2ccc3c(c2)OCO3)NC(c2c(F)cccc2Cl)[NH2+]1. The minimum atomic E-state index is -0.512. The molecular formula is C23H18BrClFN2O3+. The van der Waals surface area contributed by atoms with Crippen molar-refractivity contribution in [2.45, 2.75) is 12.2 Å². The van der Waals surface area contributed by atoms with Gasteiger partial charge in [-0.1, -0.05) is 33.6 Å². The molecule has 2 aliphatic heterocycles. The van der Waals surface area contributed by atoms with Gasteiger partial charge >= 0.3 is 0 Å². The molecule has 0 amide bonds. The number of phenolic OH excluding ortho intramolecular Hbond substituents is 1. The second kappa shape index (κ2) is 8.07. The van der Waals surface area contributed by atoms with Crippen molar-refractivity contribution in [1.82, 2.24) is 5.32 Å². The lowest BCUT2D eigenvalue weighted by Gasteiger charge is -2.30. The molecular weight excluding hydrogens is 487 g/mol. The van der Waals surface area contributed by atoms with Crippen LogP contribution in [0.4, 0.5) is 4.39 Å². The summed E-state index contributed by atoms with van der Waals surface area (Å²) in [4.78, 5) is 0. The normalized spacial score (nSPS) is 19.6. The first-order valence-corrected chi connectivity index (χ1v) is 10.8. The standard InChI is InChI=1S/C23H17BrClFN2O3/c24-13-5-6-19(29)14(9-13)18-10-17(12-4-7-20-21(8-12)31-11-30-20)27-23(28-18)22-15(25)2-1-3-16(22)26/h1-10,18,23,27-29H,11H2/p+1. The van der Waals surface area contributed by atoms with Crippen LogP contribution < -0.4 is 20.1 Å². The van der Waals surface area contributed by atoms with Gasteiger partial charge in [0.05, 0.1) is 16.1 Å². The Bertz CT molecular complexity index is 1180. The highest BCUT2D eigenvalue weighted by molar-refractivity contribution is 9.10. The fourth-order valence-corrected chi connectivity index (χ4v) is 4.57. The molecule has 2 aliphatic rings. The van der Waals surface area contributed by atoms with Gasteiger partial charge in [0, 0.05) is 21.8 Å². The Morgan fingerprint density at radius 2 is 1.94 bits per heavy atom. The summed E-state index contributed by atoms with van der Waals surface area (Å²) in [5.74, 6) is 1.09. The van der Waals surface area contributed by atoms with Crippen LogP contribution in [0.25, 0.3) is 5.70 Å². The van der Waals surface area contributed by atoms with Crippen LogP contribution in [-0.4, -0.2) is 11.9 Å². The number of aromatic hydroxyl groups is 1. The first-order valence-electron chi connectivity index (χ1n) is 9.65. The molecule has 0 radical (unpaired) electrons. The molecule has 5 nitrogen and oxygen atoms in total. The molecule has 31 heavy (non-hydrogen) atoms. The van der Waals surface area contributed by atoms with Crippen LogP contribution in [-0.2, 0) is 0 Å². The Labute approximate surface area is 191 Å². The summed E-state index contributed by atoms with van der Waals surface area (Å²) in [5.41, 5.74) is 2.69. The number of hydrogen-bond donors (Lipinski definition) is 3. The van der Waals surface area contributed by atoms with Gasteiger partial charge in [-0.2, -0.15) is 0 Å². The van der Waals surface area contributed by atoms with Gasteiger partial charge in [-0.3, -0.25) is 0 Å². The topological polar surface area (TPSA) is 67.3 Å². The van der Waals surface area contributed by atoms with Gasteiger partial charge in [0.15, 0.2) is 17.7 Å². The van der Waals surface area contributed by atoms with Crippen LogP contribution in [0.5, 0.6) is 17.2 Å². The van der Waals surface area contributed by atoms with E-state index in [2.05, 4.69) is 21.2 Å². The minimum Gasteiger partial charge on any atom is -0.507 e. The molecule has 8 heteroatoms. The van der Waals surface area contributed by atoms with E-state index in [9.17, 15) is 9.50 Å². The molecule has 2 heterocycles. The molecule has 0 bridgehead atoms. The Morgan fingerprint density at radius 1 is 1.10 bits per heavy atom. The van der Waals surface area contributed by atoms with E-state index in [4.69, 9.17) is 21.1 Å². The Hall–Kier alpha value is -2.74. The van der Waals surface area contributed by atoms with Crippen LogP contribution in [0.15, 0.2) is 65.1 Å². The molecule has 0 fully saturated rings. The van der Waals surface area contributed by atoms with E-state index in [1.807, 2.05) is 35.7 Å². The van der Waals surface area contributed by atoms with Crippen molar-refractivity contribution in [2.75, 3.05) is 6.79 Å². The van der Waals surface area contributed by atoms with E-state index in [0.29, 0.717) is 27.6 Å². The van der Waals surface area contributed by atoms with Gasteiger partial charge < -0.3 is 25.2 Å². The zero-order chi connectivity index (χ0) is 21.5. The zero-order valence-corrected chi connectivity index (χ0v) is 18.5. The van der Waals surface area contributed by atoms with E-state index in [1.165, 1.54) is 6.07 Å².